The van der Waals surface area contributed by atoms with Crippen LogP contribution in [0.3, 0.4) is 0 Å². The highest BCUT2D eigenvalue weighted by Gasteiger charge is 2.14. The van der Waals surface area contributed by atoms with Crippen molar-refractivity contribution in [3.05, 3.63) is 47.9 Å². The second-order valence-corrected chi connectivity index (χ2v) is 4.35. The molecule has 2 aromatic rings. The summed E-state index contributed by atoms with van der Waals surface area (Å²) in [6.45, 7) is 3.18. The van der Waals surface area contributed by atoms with Crippen LogP contribution in [0.2, 0.25) is 0 Å². The molecular weight excluding hydrogens is 258 g/mol. The van der Waals surface area contributed by atoms with Crippen molar-refractivity contribution < 1.29 is 18.7 Å². The SMILES string of the molecule is CC(=O)N(C)c1ccc(OC(=O)c2ccoc2C)cc1. The van der Waals surface area contributed by atoms with Crippen LogP contribution < -0.4 is 9.64 Å². The molecule has 1 amide bonds. The number of aryl methyl sites for hydroxylation is 1. The number of anilines is 1. The summed E-state index contributed by atoms with van der Waals surface area (Å²) in [4.78, 5) is 24.6. The summed E-state index contributed by atoms with van der Waals surface area (Å²) in [6, 6.07) is 8.28. The quantitative estimate of drug-likeness (QED) is 0.637. The van der Waals surface area contributed by atoms with Crippen LogP contribution in [0, 0.1) is 6.92 Å². The lowest BCUT2D eigenvalue weighted by atomic mass is 10.2. The van der Waals surface area contributed by atoms with Crippen LogP contribution in [0.25, 0.3) is 0 Å². The fourth-order valence-electron chi connectivity index (χ4n) is 1.68. The van der Waals surface area contributed by atoms with E-state index in [2.05, 4.69) is 0 Å². The molecule has 0 radical (unpaired) electrons. The molecule has 1 aromatic heterocycles. The number of carbonyl (C=O) groups excluding carboxylic acids is 2. The molecule has 0 atom stereocenters. The molecule has 0 spiro atoms. The first-order chi connectivity index (χ1) is 9.49. The van der Waals surface area contributed by atoms with Crippen LogP contribution in [0.1, 0.15) is 23.0 Å². The van der Waals surface area contributed by atoms with Crippen molar-refractivity contribution in [3.8, 4) is 5.75 Å². The van der Waals surface area contributed by atoms with Crippen molar-refractivity contribution in [1.82, 2.24) is 0 Å². The molecule has 0 aliphatic carbocycles. The summed E-state index contributed by atoms with van der Waals surface area (Å²) in [5.74, 6) is 0.395. The topological polar surface area (TPSA) is 59.8 Å². The predicted molar refractivity (Wildman–Crippen MR) is 73.9 cm³/mol. The highest BCUT2D eigenvalue weighted by Crippen LogP contribution is 2.20. The summed E-state index contributed by atoms with van der Waals surface area (Å²) in [5, 5.41) is 0. The maximum absolute atomic E-state index is 11.9. The number of nitrogens with zero attached hydrogens (tertiary/aromatic N) is 1. The van der Waals surface area contributed by atoms with Crippen LogP contribution in [0.15, 0.2) is 41.0 Å². The number of esters is 1. The molecule has 1 aromatic carbocycles. The number of carbonyl (C=O) groups is 2. The fourth-order valence-corrected chi connectivity index (χ4v) is 1.68. The molecule has 5 heteroatoms. The Bertz CT molecular complexity index is 628. The fraction of sp³-hybridized carbons (Fsp3) is 0.200. The molecule has 0 aliphatic heterocycles. The van der Waals surface area contributed by atoms with Crippen molar-refractivity contribution in [2.75, 3.05) is 11.9 Å². The Morgan fingerprint density at radius 2 is 1.80 bits per heavy atom. The lowest BCUT2D eigenvalue weighted by Crippen LogP contribution is -2.22. The van der Waals surface area contributed by atoms with Crippen LogP contribution in [-0.2, 0) is 4.79 Å². The molecule has 0 bridgehead atoms. The minimum Gasteiger partial charge on any atom is -0.469 e. The van der Waals surface area contributed by atoms with Gasteiger partial charge in [-0.25, -0.2) is 4.79 Å². The molecule has 1 heterocycles. The van der Waals surface area contributed by atoms with Gasteiger partial charge in [-0.3, -0.25) is 4.79 Å². The average molecular weight is 273 g/mol. The van der Waals surface area contributed by atoms with Gasteiger partial charge in [0.2, 0.25) is 5.91 Å². The summed E-state index contributed by atoms with van der Waals surface area (Å²) in [5.41, 5.74) is 1.13. The van der Waals surface area contributed by atoms with Gasteiger partial charge in [0, 0.05) is 19.7 Å². The van der Waals surface area contributed by atoms with Crippen LogP contribution in [-0.4, -0.2) is 18.9 Å². The van der Waals surface area contributed by atoms with E-state index in [-0.39, 0.29) is 5.91 Å². The van der Waals surface area contributed by atoms with Gasteiger partial charge < -0.3 is 14.1 Å². The molecule has 0 saturated carbocycles. The summed E-state index contributed by atoms with van der Waals surface area (Å²) in [7, 11) is 1.68. The van der Waals surface area contributed by atoms with E-state index in [9.17, 15) is 9.59 Å². The summed E-state index contributed by atoms with van der Waals surface area (Å²) >= 11 is 0. The zero-order valence-corrected chi connectivity index (χ0v) is 11.5. The van der Waals surface area contributed by atoms with Gasteiger partial charge in [-0.1, -0.05) is 0 Å². The van der Waals surface area contributed by atoms with Gasteiger partial charge in [0.05, 0.1) is 6.26 Å². The molecule has 104 valence electrons. The smallest absolute Gasteiger partial charge is 0.347 e. The Hall–Kier alpha value is -2.56. The average Bonchev–Trinajstić information content (AvgIpc) is 2.85. The van der Waals surface area contributed by atoms with E-state index >= 15 is 0 Å². The largest absolute Gasteiger partial charge is 0.469 e. The molecule has 5 nitrogen and oxygen atoms in total. The number of amides is 1. The molecule has 0 fully saturated rings. The van der Waals surface area contributed by atoms with Gasteiger partial charge in [0.1, 0.15) is 17.1 Å². The number of rotatable bonds is 3. The minimum atomic E-state index is -0.469. The Kier molecular flexibility index (Phi) is 3.89. The highest BCUT2D eigenvalue weighted by atomic mass is 16.5. The lowest BCUT2D eigenvalue weighted by molar-refractivity contribution is -0.116. The normalized spacial score (nSPS) is 10.2. The third-order valence-corrected chi connectivity index (χ3v) is 2.99. The van der Waals surface area contributed by atoms with E-state index in [1.54, 1.807) is 44.3 Å². The summed E-state index contributed by atoms with van der Waals surface area (Å²) < 4.78 is 10.3. The van der Waals surface area contributed by atoms with Crippen molar-refractivity contribution in [1.29, 1.82) is 0 Å². The van der Waals surface area contributed by atoms with Crippen LogP contribution in [0.5, 0.6) is 5.75 Å². The van der Waals surface area contributed by atoms with Gasteiger partial charge in [-0.15, -0.1) is 0 Å². The van der Waals surface area contributed by atoms with Gasteiger partial charge in [-0.2, -0.15) is 0 Å². The standard InChI is InChI=1S/C15H15NO4/c1-10-14(8-9-19-10)15(18)20-13-6-4-12(5-7-13)16(3)11(2)17/h4-9H,1-3H3. The molecule has 20 heavy (non-hydrogen) atoms. The molecule has 2 rings (SSSR count). The number of furan rings is 1. The van der Waals surface area contributed by atoms with Crippen LogP contribution in [0.4, 0.5) is 5.69 Å². The van der Waals surface area contributed by atoms with Crippen LogP contribution >= 0.6 is 0 Å². The van der Waals surface area contributed by atoms with Gasteiger partial charge in [0.15, 0.2) is 0 Å². The van der Waals surface area contributed by atoms with Crippen molar-refractivity contribution in [2.24, 2.45) is 0 Å². The second-order valence-electron chi connectivity index (χ2n) is 4.35. The lowest BCUT2D eigenvalue weighted by Gasteiger charge is -2.15. The van der Waals surface area contributed by atoms with E-state index in [0.717, 1.165) is 5.69 Å². The van der Waals surface area contributed by atoms with Crippen molar-refractivity contribution >= 4 is 17.6 Å². The minimum absolute atomic E-state index is 0.0660. The number of hydrogen-bond acceptors (Lipinski definition) is 4. The Morgan fingerprint density at radius 1 is 1.15 bits per heavy atom. The highest BCUT2D eigenvalue weighted by molar-refractivity contribution is 5.92. The van der Waals surface area contributed by atoms with Gasteiger partial charge in [-0.05, 0) is 37.3 Å². The van der Waals surface area contributed by atoms with Gasteiger partial charge >= 0.3 is 5.97 Å². The third-order valence-electron chi connectivity index (χ3n) is 2.99. The number of benzene rings is 1. The number of ether oxygens (including phenoxy) is 1. The molecule has 0 saturated heterocycles. The van der Waals surface area contributed by atoms with E-state index in [1.165, 1.54) is 18.1 Å². The Morgan fingerprint density at radius 3 is 2.30 bits per heavy atom. The molecule has 0 unspecified atom stereocenters. The maximum atomic E-state index is 11.9. The van der Waals surface area contributed by atoms with E-state index < -0.39 is 5.97 Å². The Balaban J connectivity index is 2.10. The first kappa shape index (κ1) is 13.9. The Labute approximate surface area is 116 Å². The van der Waals surface area contributed by atoms with E-state index in [0.29, 0.717) is 17.1 Å². The molecule has 0 N–H and O–H groups in total. The third kappa shape index (κ3) is 2.88. The predicted octanol–water partition coefficient (Wildman–Crippen LogP) is 2.79. The first-order valence-corrected chi connectivity index (χ1v) is 6.09. The maximum Gasteiger partial charge on any atom is 0.347 e. The van der Waals surface area contributed by atoms with E-state index in [1.807, 2.05) is 0 Å². The second kappa shape index (κ2) is 5.61. The van der Waals surface area contributed by atoms with Crippen molar-refractivity contribution in [2.45, 2.75) is 13.8 Å². The first-order valence-electron chi connectivity index (χ1n) is 6.09. The summed E-state index contributed by atoms with van der Waals surface area (Å²) in [6.07, 6.45) is 1.44. The monoisotopic (exact) mass is 273 g/mol. The van der Waals surface area contributed by atoms with E-state index in [4.69, 9.17) is 9.15 Å². The number of hydrogen-bond donors (Lipinski definition) is 0. The molecule has 0 aliphatic rings. The van der Waals surface area contributed by atoms with Crippen molar-refractivity contribution in [3.63, 3.8) is 0 Å². The molecular formula is C15H15NO4. The van der Waals surface area contributed by atoms with Gasteiger partial charge in [0.25, 0.3) is 0 Å². The zero-order chi connectivity index (χ0) is 14.7. The zero-order valence-electron chi connectivity index (χ0n) is 11.5.